The lowest BCUT2D eigenvalue weighted by molar-refractivity contribution is 0.617. The number of nitrogens with zero attached hydrogens (tertiary/aromatic N) is 2. The molecule has 21 heavy (non-hydrogen) atoms. The van der Waals surface area contributed by atoms with Crippen molar-refractivity contribution in [2.24, 2.45) is 0 Å². The minimum Gasteiger partial charge on any atom is -0.305 e. The fourth-order valence-corrected chi connectivity index (χ4v) is 2.67. The molecule has 1 aromatic carbocycles. The molecular weight excluding hydrogens is 258 g/mol. The third-order valence-corrected chi connectivity index (χ3v) is 3.65. The van der Waals surface area contributed by atoms with Gasteiger partial charge >= 0.3 is 0 Å². The quantitative estimate of drug-likeness (QED) is 0.791. The van der Waals surface area contributed by atoms with Crippen LogP contribution in [-0.4, -0.2) is 16.5 Å². The summed E-state index contributed by atoms with van der Waals surface area (Å²) >= 11 is 0. The highest BCUT2D eigenvalue weighted by Crippen LogP contribution is 2.27. The molecule has 0 amide bonds. The predicted octanol–water partition coefficient (Wildman–Crippen LogP) is 3.64. The molecule has 0 fully saturated rings. The number of benzene rings is 1. The molecule has 3 heteroatoms. The number of aromatic nitrogens is 2. The van der Waals surface area contributed by atoms with Crippen molar-refractivity contribution >= 4 is 10.8 Å². The van der Waals surface area contributed by atoms with Crippen LogP contribution in [0.5, 0.6) is 0 Å². The number of hydrogen-bond acceptors (Lipinski definition) is 3. The maximum absolute atomic E-state index is 4.55. The van der Waals surface area contributed by atoms with E-state index in [1.54, 1.807) is 0 Å². The Labute approximate surface area is 125 Å². The van der Waals surface area contributed by atoms with Gasteiger partial charge in [-0.25, -0.2) is 0 Å². The topological polar surface area (TPSA) is 37.8 Å². The molecule has 2 aromatic heterocycles. The van der Waals surface area contributed by atoms with Crippen molar-refractivity contribution in [2.75, 3.05) is 6.54 Å². The van der Waals surface area contributed by atoms with Gasteiger partial charge in [-0.05, 0) is 36.6 Å². The van der Waals surface area contributed by atoms with Gasteiger partial charge in [0.25, 0.3) is 0 Å². The van der Waals surface area contributed by atoms with E-state index in [2.05, 4.69) is 53.4 Å². The van der Waals surface area contributed by atoms with Crippen LogP contribution in [0.2, 0.25) is 0 Å². The second-order valence-electron chi connectivity index (χ2n) is 5.20. The maximum Gasteiger partial charge on any atom is 0.0772 e. The summed E-state index contributed by atoms with van der Waals surface area (Å²) < 4.78 is 0. The van der Waals surface area contributed by atoms with Crippen molar-refractivity contribution in [3.8, 4) is 0 Å². The Morgan fingerprint density at radius 2 is 2.00 bits per heavy atom. The van der Waals surface area contributed by atoms with E-state index in [1.165, 1.54) is 16.5 Å². The van der Waals surface area contributed by atoms with Gasteiger partial charge in [-0.2, -0.15) is 0 Å². The first-order valence-corrected chi connectivity index (χ1v) is 7.28. The summed E-state index contributed by atoms with van der Waals surface area (Å²) in [7, 11) is 0. The highest BCUT2D eigenvalue weighted by molar-refractivity contribution is 5.85. The molecular formula is C18H19N3. The highest BCUT2D eigenvalue weighted by Gasteiger charge is 2.17. The second-order valence-corrected chi connectivity index (χ2v) is 5.20. The van der Waals surface area contributed by atoms with Crippen LogP contribution < -0.4 is 5.32 Å². The molecule has 2 heterocycles. The van der Waals surface area contributed by atoms with Crippen molar-refractivity contribution in [3.05, 3.63) is 71.8 Å². The number of aryl methyl sites for hydroxylation is 1. The number of nitrogens with one attached hydrogen (secondary N) is 1. The summed E-state index contributed by atoms with van der Waals surface area (Å²) in [6, 6.07) is 12.6. The normalized spacial score (nSPS) is 12.5. The zero-order valence-corrected chi connectivity index (χ0v) is 12.4. The van der Waals surface area contributed by atoms with Gasteiger partial charge in [-0.3, -0.25) is 9.97 Å². The van der Waals surface area contributed by atoms with Crippen molar-refractivity contribution in [2.45, 2.75) is 19.9 Å². The number of rotatable bonds is 4. The number of hydrogen-bond donors (Lipinski definition) is 1. The Kier molecular flexibility index (Phi) is 3.93. The molecule has 0 aliphatic carbocycles. The van der Waals surface area contributed by atoms with Gasteiger partial charge in [-0.15, -0.1) is 0 Å². The molecule has 3 rings (SSSR count). The Bertz CT molecular complexity index is 747. The van der Waals surface area contributed by atoms with Gasteiger partial charge in [0.1, 0.15) is 0 Å². The molecule has 1 atom stereocenters. The van der Waals surface area contributed by atoms with Gasteiger partial charge in [-0.1, -0.05) is 31.2 Å². The van der Waals surface area contributed by atoms with Crippen LogP contribution in [0.1, 0.15) is 29.8 Å². The molecule has 0 radical (unpaired) electrons. The first kappa shape index (κ1) is 13.7. The molecule has 106 valence electrons. The van der Waals surface area contributed by atoms with Crippen molar-refractivity contribution in [1.82, 2.24) is 15.3 Å². The van der Waals surface area contributed by atoms with E-state index in [0.717, 1.165) is 17.6 Å². The lowest BCUT2D eigenvalue weighted by Crippen LogP contribution is -2.23. The van der Waals surface area contributed by atoms with Gasteiger partial charge < -0.3 is 5.32 Å². The summed E-state index contributed by atoms with van der Waals surface area (Å²) in [6.45, 7) is 5.08. The third-order valence-electron chi connectivity index (χ3n) is 3.65. The van der Waals surface area contributed by atoms with Crippen LogP contribution in [0, 0.1) is 6.92 Å². The molecule has 3 nitrogen and oxygen atoms in total. The van der Waals surface area contributed by atoms with E-state index >= 15 is 0 Å². The highest BCUT2D eigenvalue weighted by atomic mass is 14.9. The molecule has 1 unspecified atom stereocenters. The van der Waals surface area contributed by atoms with E-state index in [0.29, 0.717) is 0 Å². The van der Waals surface area contributed by atoms with Crippen LogP contribution in [-0.2, 0) is 0 Å². The predicted molar refractivity (Wildman–Crippen MR) is 86.2 cm³/mol. The van der Waals surface area contributed by atoms with Gasteiger partial charge in [0.15, 0.2) is 0 Å². The average molecular weight is 277 g/mol. The molecule has 0 saturated carbocycles. The van der Waals surface area contributed by atoms with E-state index < -0.39 is 0 Å². The number of pyridine rings is 2. The summed E-state index contributed by atoms with van der Waals surface area (Å²) in [4.78, 5) is 8.95. The van der Waals surface area contributed by atoms with E-state index in [9.17, 15) is 0 Å². The fourth-order valence-electron chi connectivity index (χ4n) is 2.67. The zero-order chi connectivity index (χ0) is 14.7. The lowest BCUT2D eigenvalue weighted by Gasteiger charge is -2.19. The van der Waals surface area contributed by atoms with Gasteiger partial charge in [0.2, 0.25) is 0 Å². The minimum absolute atomic E-state index is 0.0634. The van der Waals surface area contributed by atoms with Crippen LogP contribution in [0.4, 0.5) is 0 Å². The largest absolute Gasteiger partial charge is 0.305 e. The van der Waals surface area contributed by atoms with Gasteiger partial charge in [0, 0.05) is 29.5 Å². The fraction of sp³-hybridized carbons (Fsp3) is 0.222. The molecule has 0 aliphatic rings. The van der Waals surface area contributed by atoms with Crippen LogP contribution >= 0.6 is 0 Å². The molecule has 1 N–H and O–H groups in total. The summed E-state index contributed by atoms with van der Waals surface area (Å²) in [5.74, 6) is 0. The molecule has 0 aliphatic heterocycles. The van der Waals surface area contributed by atoms with Crippen LogP contribution in [0.25, 0.3) is 10.8 Å². The Morgan fingerprint density at radius 1 is 1.14 bits per heavy atom. The summed E-state index contributed by atoms with van der Waals surface area (Å²) in [5, 5.41) is 5.91. The molecule has 0 spiro atoms. The summed E-state index contributed by atoms with van der Waals surface area (Å²) in [6.07, 6.45) is 5.72. The van der Waals surface area contributed by atoms with E-state index in [1.807, 2.05) is 30.7 Å². The zero-order valence-electron chi connectivity index (χ0n) is 12.4. The van der Waals surface area contributed by atoms with Crippen LogP contribution in [0.3, 0.4) is 0 Å². The SMILES string of the molecule is CCNC(c1cc(C)ccn1)c1cncc2ccccc12. The minimum atomic E-state index is 0.0634. The smallest absolute Gasteiger partial charge is 0.0772 e. The molecule has 0 bridgehead atoms. The number of fused-ring (bicyclic) bond motifs is 1. The van der Waals surface area contributed by atoms with Crippen molar-refractivity contribution in [3.63, 3.8) is 0 Å². The molecule has 3 aromatic rings. The van der Waals surface area contributed by atoms with E-state index in [4.69, 9.17) is 0 Å². The third kappa shape index (κ3) is 2.78. The van der Waals surface area contributed by atoms with Gasteiger partial charge in [0.05, 0.1) is 11.7 Å². The Balaban J connectivity index is 2.16. The van der Waals surface area contributed by atoms with Crippen LogP contribution in [0.15, 0.2) is 55.0 Å². The second kappa shape index (κ2) is 6.02. The Hall–Kier alpha value is -2.26. The average Bonchev–Trinajstić information content (AvgIpc) is 2.52. The first-order valence-electron chi connectivity index (χ1n) is 7.28. The first-order chi connectivity index (χ1) is 10.3. The van der Waals surface area contributed by atoms with E-state index in [-0.39, 0.29) is 6.04 Å². The molecule has 0 saturated heterocycles. The summed E-state index contributed by atoms with van der Waals surface area (Å²) in [5.41, 5.74) is 3.43. The van der Waals surface area contributed by atoms with Crippen molar-refractivity contribution in [1.29, 1.82) is 0 Å². The lowest BCUT2D eigenvalue weighted by atomic mass is 9.98. The maximum atomic E-state index is 4.55. The Morgan fingerprint density at radius 3 is 2.81 bits per heavy atom. The van der Waals surface area contributed by atoms with Crippen molar-refractivity contribution < 1.29 is 0 Å². The monoisotopic (exact) mass is 277 g/mol. The standard InChI is InChI=1S/C18H19N3/c1-3-20-18(17-10-13(2)8-9-21-17)16-12-19-11-14-6-4-5-7-15(14)16/h4-12,18,20H,3H2,1-2H3.